The molecule has 5 heteroatoms. The quantitative estimate of drug-likeness (QED) is 0.593. The Morgan fingerprint density at radius 1 is 1.14 bits per heavy atom. The standard InChI is InChI=1S/C14H17NO4.C2H6/c1-2-11(16)8-13(17)10-5-3-9(4-6-10)7-12(15)14(18)19;1-2/h3-6,12H,2,7-8,15H2,1H3,(H,18,19);1-2H3. The van der Waals surface area contributed by atoms with Gasteiger partial charge in [0.2, 0.25) is 0 Å². The highest BCUT2D eigenvalue weighted by Gasteiger charge is 2.13. The van der Waals surface area contributed by atoms with E-state index in [1.807, 2.05) is 13.8 Å². The van der Waals surface area contributed by atoms with Crippen molar-refractivity contribution < 1.29 is 19.5 Å². The molecule has 0 aromatic heterocycles. The molecule has 0 aliphatic carbocycles. The van der Waals surface area contributed by atoms with Crippen LogP contribution in [0.2, 0.25) is 0 Å². The molecule has 1 atom stereocenters. The maximum atomic E-state index is 11.7. The lowest BCUT2D eigenvalue weighted by Gasteiger charge is -2.07. The molecular weight excluding hydrogens is 270 g/mol. The van der Waals surface area contributed by atoms with Crippen molar-refractivity contribution in [3.05, 3.63) is 35.4 Å². The molecule has 1 rings (SSSR count). The molecule has 0 aliphatic rings. The lowest BCUT2D eigenvalue weighted by molar-refractivity contribution is -0.138. The second kappa shape index (κ2) is 9.83. The van der Waals surface area contributed by atoms with E-state index in [0.717, 1.165) is 5.56 Å². The number of benzene rings is 1. The van der Waals surface area contributed by atoms with Gasteiger partial charge in [0.15, 0.2) is 5.78 Å². The van der Waals surface area contributed by atoms with Gasteiger partial charge in [-0.15, -0.1) is 0 Å². The highest BCUT2D eigenvalue weighted by molar-refractivity contribution is 6.07. The summed E-state index contributed by atoms with van der Waals surface area (Å²) >= 11 is 0. The number of nitrogens with two attached hydrogens (primary N) is 1. The summed E-state index contributed by atoms with van der Waals surface area (Å²) in [5.74, 6) is -1.38. The van der Waals surface area contributed by atoms with Crippen LogP contribution in [-0.4, -0.2) is 28.7 Å². The van der Waals surface area contributed by atoms with Crippen molar-refractivity contribution in [1.29, 1.82) is 0 Å². The van der Waals surface area contributed by atoms with Crippen molar-refractivity contribution in [2.24, 2.45) is 5.73 Å². The minimum atomic E-state index is -1.06. The monoisotopic (exact) mass is 293 g/mol. The number of rotatable bonds is 7. The number of carbonyl (C=O) groups excluding carboxylic acids is 2. The van der Waals surface area contributed by atoms with Crippen LogP contribution in [0.15, 0.2) is 24.3 Å². The molecule has 116 valence electrons. The molecule has 0 bridgehead atoms. The number of hydrogen-bond acceptors (Lipinski definition) is 4. The lowest BCUT2D eigenvalue weighted by Crippen LogP contribution is -2.32. The molecular formula is C16H23NO4. The molecule has 0 aliphatic heterocycles. The van der Waals surface area contributed by atoms with Crippen LogP contribution >= 0.6 is 0 Å². The fourth-order valence-corrected chi connectivity index (χ4v) is 1.57. The number of hydrogen-bond donors (Lipinski definition) is 2. The molecule has 1 aromatic carbocycles. The van der Waals surface area contributed by atoms with E-state index >= 15 is 0 Å². The summed E-state index contributed by atoms with van der Waals surface area (Å²) in [5.41, 5.74) is 6.62. The van der Waals surface area contributed by atoms with Gasteiger partial charge in [-0.25, -0.2) is 0 Å². The average molecular weight is 293 g/mol. The SMILES string of the molecule is CC.CCC(=O)CC(=O)c1ccc(CC(N)C(=O)O)cc1. The van der Waals surface area contributed by atoms with Crippen molar-refractivity contribution in [2.75, 3.05) is 0 Å². The first-order valence-corrected chi connectivity index (χ1v) is 7.06. The van der Waals surface area contributed by atoms with E-state index < -0.39 is 12.0 Å². The Labute approximate surface area is 125 Å². The summed E-state index contributed by atoms with van der Waals surface area (Å²) in [6.07, 6.45) is 0.458. The van der Waals surface area contributed by atoms with Gasteiger partial charge in [-0.1, -0.05) is 45.0 Å². The van der Waals surface area contributed by atoms with Gasteiger partial charge in [0, 0.05) is 12.0 Å². The summed E-state index contributed by atoms with van der Waals surface area (Å²) < 4.78 is 0. The Balaban J connectivity index is 0.00000191. The van der Waals surface area contributed by atoms with E-state index in [0.29, 0.717) is 12.0 Å². The molecule has 0 saturated carbocycles. The van der Waals surface area contributed by atoms with Crippen molar-refractivity contribution >= 4 is 17.5 Å². The maximum absolute atomic E-state index is 11.7. The van der Waals surface area contributed by atoms with Crippen molar-refractivity contribution in [1.82, 2.24) is 0 Å². The third-order valence-corrected chi connectivity index (χ3v) is 2.80. The summed E-state index contributed by atoms with van der Waals surface area (Å²) in [4.78, 5) is 33.5. The normalized spacial score (nSPS) is 11.0. The number of carboxylic acid groups (broad SMARTS) is 1. The topological polar surface area (TPSA) is 97.5 Å². The first-order valence-electron chi connectivity index (χ1n) is 7.06. The van der Waals surface area contributed by atoms with Gasteiger partial charge in [-0.05, 0) is 12.0 Å². The lowest BCUT2D eigenvalue weighted by atomic mass is 10.0. The van der Waals surface area contributed by atoms with Crippen LogP contribution in [-0.2, 0) is 16.0 Å². The second-order valence-corrected chi connectivity index (χ2v) is 4.34. The van der Waals surface area contributed by atoms with Gasteiger partial charge in [-0.2, -0.15) is 0 Å². The summed E-state index contributed by atoms with van der Waals surface area (Å²) in [6, 6.07) is 5.55. The third-order valence-electron chi connectivity index (χ3n) is 2.80. The number of carboxylic acids is 1. The zero-order chi connectivity index (χ0) is 16.4. The van der Waals surface area contributed by atoms with E-state index in [2.05, 4.69) is 0 Å². The van der Waals surface area contributed by atoms with E-state index in [1.54, 1.807) is 31.2 Å². The minimum absolute atomic E-state index is 0.0928. The van der Waals surface area contributed by atoms with Gasteiger partial charge < -0.3 is 10.8 Å². The van der Waals surface area contributed by atoms with Gasteiger partial charge in [-0.3, -0.25) is 14.4 Å². The van der Waals surface area contributed by atoms with Gasteiger partial charge in [0.05, 0.1) is 6.42 Å². The predicted octanol–water partition coefficient (Wildman–Crippen LogP) is 2.22. The zero-order valence-corrected chi connectivity index (χ0v) is 12.8. The van der Waals surface area contributed by atoms with Crippen LogP contribution in [0.1, 0.15) is 49.5 Å². The van der Waals surface area contributed by atoms with Crippen LogP contribution in [0, 0.1) is 0 Å². The highest BCUT2D eigenvalue weighted by Crippen LogP contribution is 2.09. The van der Waals surface area contributed by atoms with E-state index in [9.17, 15) is 14.4 Å². The molecule has 0 radical (unpaired) electrons. The third kappa shape index (κ3) is 6.81. The number of ketones is 2. The molecule has 0 heterocycles. The fraction of sp³-hybridized carbons (Fsp3) is 0.438. The van der Waals surface area contributed by atoms with Crippen molar-refractivity contribution in [3.63, 3.8) is 0 Å². The van der Waals surface area contributed by atoms with E-state index in [1.165, 1.54) is 0 Å². The molecule has 3 N–H and O–H groups in total. The second-order valence-electron chi connectivity index (χ2n) is 4.34. The molecule has 0 fully saturated rings. The number of aliphatic carboxylic acids is 1. The first-order chi connectivity index (χ1) is 9.93. The van der Waals surface area contributed by atoms with E-state index in [-0.39, 0.29) is 24.4 Å². The molecule has 21 heavy (non-hydrogen) atoms. The Kier molecular flexibility index (Phi) is 8.88. The first kappa shape index (κ1) is 19.0. The molecule has 0 amide bonds. The Morgan fingerprint density at radius 2 is 1.67 bits per heavy atom. The number of Topliss-reactive ketones (excluding diaryl/α,β-unsaturated/α-hetero) is 2. The van der Waals surface area contributed by atoms with E-state index in [4.69, 9.17) is 10.8 Å². The maximum Gasteiger partial charge on any atom is 0.320 e. The molecule has 1 aromatic rings. The van der Waals surface area contributed by atoms with Crippen LogP contribution in [0.5, 0.6) is 0 Å². The summed E-state index contributed by atoms with van der Waals surface area (Å²) in [6.45, 7) is 5.71. The van der Waals surface area contributed by atoms with Crippen LogP contribution in [0.3, 0.4) is 0 Å². The van der Waals surface area contributed by atoms with Gasteiger partial charge in [0.1, 0.15) is 11.8 Å². The molecule has 0 saturated heterocycles. The zero-order valence-electron chi connectivity index (χ0n) is 12.8. The summed E-state index contributed by atoms with van der Waals surface area (Å²) in [7, 11) is 0. The number of carbonyl (C=O) groups is 3. The summed E-state index contributed by atoms with van der Waals surface area (Å²) in [5, 5.41) is 8.70. The smallest absolute Gasteiger partial charge is 0.320 e. The van der Waals surface area contributed by atoms with Gasteiger partial charge in [0.25, 0.3) is 0 Å². The average Bonchev–Trinajstić information content (AvgIpc) is 2.49. The van der Waals surface area contributed by atoms with Crippen LogP contribution in [0.4, 0.5) is 0 Å². The van der Waals surface area contributed by atoms with Gasteiger partial charge >= 0.3 is 5.97 Å². The predicted molar refractivity (Wildman–Crippen MR) is 81.4 cm³/mol. The largest absolute Gasteiger partial charge is 0.480 e. The van der Waals surface area contributed by atoms with Crippen LogP contribution in [0.25, 0.3) is 0 Å². The fourth-order valence-electron chi connectivity index (χ4n) is 1.57. The Morgan fingerprint density at radius 3 is 2.10 bits per heavy atom. The van der Waals surface area contributed by atoms with Crippen LogP contribution < -0.4 is 5.73 Å². The van der Waals surface area contributed by atoms with Crippen molar-refractivity contribution in [2.45, 2.75) is 46.1 Å². The highest BCUT2D eigenvalue weighted by atomic mass is 16.4. The minimum Gasteiger partial charge on any atom is -0.480 e. The molecule has 5 nitrogen and oxygen atoms in total. The van der Waals surface area contributed by atoms with Crippen molar-refractivity contribution in [3.8, 4) is 0 Å². The molecule has 1 unspecified atom stereocenters. The Hall–Kier alpha value is -2.01. The molecule has 0 spiro atoms. The Bertz CT molecular complexity index is 480.